The minimum Gasteiger partial charge on any atom is -0.399 e. The number of nitrogens with two attached hydrogens (primary N) is 1. The summed E-state index contributed by atoms with van der Waals surface area (Å²) in [6, 6.07) is 98.6. The minimum absolute atomic E-state index is 0.0250. The summed E-state index contributed by atoms with van der Waals surface area (Å²) in [6.07, 6.45) is 2.18. The van der Waals surface area contributed by atoms with Crippen molar-refractivity contribution in [3.63, 3.8) is 0 Å². The number of aliphatic hydroxyl groups is 3. The van der Waals surface area contributed by atoms with E-state index in [1.54, 1.807) is 209 Å². The molecular formula is C110H100BrCl9N8O9. The zero-order valence-corrected chi connectivity index (χ0v) is 84.8. The molecule has 6 unspecified atom stereocenters. The molecule has 3 fully saturated rings. The number of carbonyl (C=O) groups is 5. The van der Waals surface area contributed by atoms with Crippen LogP contribution in [0, 0.1) is 46.5 Å². The second kappa shape index (κ2) is 48.1. The number of benzene rings is 14. The van der Waals surface area contributed by atoms with Crippen LogP contribution in [0.4, 0.5) is 59.9 Å². The maximum absolute atomic E-state index is 13.6. The van der Waals surface area contributed by atoms with E-state index in [4.69, 9.17) is 110 Å². The number of hydrogen-bond acceptors (Lipinski definition) is 11. The number of urea groups is 3. The molecule has 137 heavy (non-hydrogen) atoms. The number of halogens is 10. The molecule has 0 spiro atoms. The van der Waals surface area contributed by atoms with Crippen molar-refractivity contribution < 1.29 is 44.1 Å². The smallest absolute Gasteiger partial charge is 0.332 e. The van der Waals surface area contributed by atoms with Gasteiger partial charge in [0.05, 0.1) is 23.8 Å². The predicted molar refractivity (Wildman–Crippen MR) is 567 cm³/mol. The molecule has 17 rings (SSSR count). The number of carbonyl (C=O) groups excluding carboxylic acids is 6. The van der Waals surface area contributed by atoms with Gasteiger partial charge < -0.3 is 21.1 Å². The molecule has 17 nitrogen and oxygen atoms in total. The van der Waals surface area contributed by atoms with E-state index < -0.39 is 35.3 Å². The molecule has 6 amide bonds. The van der Waals surface area contributed by atoms with Gasteiger partial charge in [-0.2, -0.15) is 4.99 Å². The third-order valence-corrected chi connectivity index (χ3v) is 26.3. The highest BCUT2D eigenvalue weighted by atomic mass is 79.9. The predicted octanol–water partition coefficient (Wildman–Crippen LogP) is 30.1. The SMILES string of the molecule is Cc1cccc(C(=O)C(C)CBr)c1.Cc1cccc(C(=O)C(C)Cc2ccc(Cl)cc2)c1.Cc1cccc(C2(O)C(C)N(c3ccc(Cl)cc3)C(=O)N2c2ccc(Cl)cc2)c1.Cc1cccc(C2(O)[C@@H](C)N(c3ccc(Cl)cc3)C(=O)N2c2ccc(Cl)cc2)c1.Cc1cccc(C2(O)[C@H](C)N(c3ccc(Cl)cc3)C(=O)N2c2ccc(Cl)cc2)c1.Nc1ccc(Cl)cc1.O=C=Nc1ccc(Cl)cc1. The lowest BCUT2D eigenvalue weighted by molar-refractivity contribution is 0.0368. The second-order valence-corrected chi connectivity index (χ2v) is 37.7. The molecule has 0 aromatic heterocycles. The first kappa shape index (κ1) is 106. The molecule has 3 aliphatic rings. The summed E-state index contributed by atoms with van der Waals surface area (Å²) >= 11 is 56.5. The van der Waals surface area contributed by atoms with Gasteiger partial charge in [-0.1, -0.05) is 283 Å². The van der Waals surface area contributed by atoms with Crippen molar-refractivity contribution >= 4 is 202 Å². The van der Waals surface area contributed by atoms with Crippen molar-refractivity contribution in [3.05, 3.63) is 446 Å². The highest BCUT2D eigenvalue weighted by Crippen LogP contribution is 2.49. The first-order valence-electron chi connectivity index (χ1n) is 43.5. The largest absolute Gasteiger partial charge is 0.399 e. The van der Waals surface area contributed by atoms with Crippen molar-refractivity contribution in [2.24, 2.45) is 16.8 Å². The van der Waals surface area contributed by atoms with Gasteiger partial charge in [-0.3, -0.25) is 39.0 Å². The second-order valence-electron chi connectivity index (χ2n) is 33.1. The van der Waals surface area contributed by atoms with Crippen LogP contribution >= 0.6 is 120 Å². The molecule has 704 valence electrons. The number of rotatable bonds is 17. The molecular weight excluding hydrogens is 1980 g/mol. The Morgan fingerprint density at radius 3 is 0.832 bits per heavy atom. The van der Waals surface area contributed by atoms with Crippen LogP contribution in [0.3, 0.4) is 0 Å². The summed E-state index contributed by atoms with van der Waals surface area (Å²) in [6.45, 7) is 19.3. The Bertz CT molecular complexity index is 6130. The van der Waals surface area contributed by atoms with Crippen molar-refractivity contribution in [2.75, 3.05) is 40.5 Å². The Labute approximate surface area is 852 Å². The quantitative estimate of drug-likeness (QED) is 0.0222. The average molecular weight is 2080 g/mol. The number of Topliss-reactive ketones (excluding diaryl/α,β-unsaturated/α-hetero) is 2. The van der Waals surface area contributed by atoms with E-state index in [0.29, 0.717) is 91.7 Å². The summed E-state index contributed by atoms with van der Waals surface area (Å²) in [7, 11) is 0. The lowest BCUT2D eigenvalue weighted by Crippen LogP contribution is -2.48. The Balaban J connectivity index is 0.000000160. The maximum atomic E-state index is 13.6. The van der Waals surface area contributed by atoms with Crippen molar-refractivity contribution in [1.29, 1.82) is 0 Å². The van der Waals surface area contributed by atoms with Crippen LogP contribution in [0.15, 0.2) is 345 Å². The average Bonchev–Trinajstić information content (AvgIpc) is 1.58. The zero-order chi connectivity index (χ0) is 99.3. The summed E-state index contributed by atoms with van der Waals surface area (Å²) in [5, 5.41) is 42.2. The topological polar surface area (TPSA) is 221 Å². The lowest BCUT2D eigenvalue weighted by atomic mass is 9.92. The van der Waals surface area contributed by atoms with Crippen LogP contribution in [0.5, 0.6) is 0 Å². The number of ketones is 2. The van der Waals surface area contributed by atoms with E-state index in [0.717, 1.165) is 72.0 Å². The number of hydrogen-bond donors (Lipinski definition) is 4. The molecule has 0 bridgehead atoms. The van der Waals surface area contributed by atoms with Crippen LogP contribution in [-0.2, 0) is 28.4 Å². The molecule has 3 aliphatic heterocycles. The van der Waals surface area contributed by atoms with Crippen molar-refractivity contribution in [1.82, 2.24) is 0 Å². The van der Waals surface area contributed by atoms with Gasteiger partial charge in [0.1, 0.15) is 0 Å². The first-order valence-corrected chi connectivity index (χ1v) is 48.0. The molecule has 0 radical (unpaired) electrons. The molecule has 3 heterocycles. The highest BCUT2D eigenvalue weighted by molar-refractivity contribution is 9.09. The fourth-order valence-electron chi connectivity index (χ4n) is 15.9. The Morgan fingerprint density at radius 2 is 0.584 bits per heavy atom. The van der Waals surface area contributed by atoms with Crippen LogP contribution in [0.25, 0.3) is 0 Å². The molecule has 8 atom stereocenters. The number of aliphatic imine (C=N–C) groups is 1. The molecule has 0 aliphatic carbocycles. The minimum atomic E-state index is -1.57. The zero-order valence-electron chi connectivity index (χ0n) is 76.4. The van der Waals surface area contributed by atoms with E-state index in [9.17, 15) is 44.1 Å². The number of alkyl halides is 1. The lowest BCUT2D eigenvalue weighted by Gasteiger charge is -2.36. The number of isocyanates is 1. The van der Waals surface area contributed by atoms with Crippen molar-refractivity contribution in [3.8, 4) is 0 Å². The van der Waals surface area contributed by atoms with E-state index in [1.165, 1.54) is 20.8 Å². The number of anilines is 7. The van der Waals surface area contributed by atoms with Gasteiger partial charge in [-0.25, -0.2) is 19.2 Å². The number of nitrogen functional groups attached to an aromatic ring is 1. The molecule has 14 aromatic rings. The van der Waals surface area contributed by atoms with Gasteiger partial charge in [0, 0.05) is 130 Å². The van der Waals surface area contributed by atoms with Crippen molar-refractivity contribution in [2.45, 2.75) is 111 Å². The van der Waals surface area contributed by atoms with E-state index >= 15 is 0 Å². The molecule has 5 N–H and O–H groups in total. The molecule has 3 saturated heterocycles. The van der Waals surface area contributed by atoms with Gasteiger partial charge in [0.2, 0.25) is 6.08 Å². The standard InChI is InChI=1S/3C23H20Cl2N2O2.C17H17ClO.C11H13BrO.C7H4ClNO.C6H6ClN/c3*1-15-4-3-5-17(14-15)23(29)16(2)26(20-10-6-18(24)7-11-20)22(28)27(23)21-12-8-19(25)9-13-21;1-12-4-3-5-15(10-12)17(19)13(2)11-14-6-8-16(18)9-7-14;1-8-4-3-5-10(6-8)11(13)9(2)7-12;8-6-1-3-7(4-2-6)9-5-10;7-5-1-3-6(8)4-2-5/h3*3-14,16,29H,1-2H3;3-10,13H,11H2,1-2H3;3-6,9H,7H2,1-2H3;1-4H;1-4H,8H2/t2*16-,23?;;;;;/m10...../s1. The summed E-state index contributed by atoms with van der Waals surface area (Å²) in [5.41, 5.74) is 15.5. The fraction of sp³-hybridized carbons (Fsp3) is 0.182. The fourth-order valence-corrected chi connectivity index (χ4v) is 17.4. The number of amides is 6. The highest BCUT2D eigenvalue weighted by Gasteiger charge is 2.60. The molecule has 0 saturated carbocycles. The third kappa shape index (κ3) is 26.1. The number of nitrogens with zero attached hydrogens (tertiary/aromatic N) is 7. The summed E-state index contributed by atoms with van der Waals surface area (Å²) in [4.78, 5) is 87.0. The normalized spacial score (nSPS) is 17.8. The van der Waals surface area contributed by atoms with E-state index in [2.05, 4.69) is 20.9 Å². The first-order chi connectivity index (χ1) is 65.3. The van der Waals surface area contributed by atoms with E-state index in [-0.39, 0.29) is 41.5 Å². The summed E-state index contributed by atoms with van der Waals surface area (Å²) < 4.78 is 0. The van der Waals surface area contributed by atoms with Gasteiger partial charge in [0.25, 0.3) is 0 Å². The van der Waals surface area contributed by atoms with Crippen LogP contribution < -0.4 is 35.1 Å². The Morgan fingerprint density at radius 1 is 0.350 bits per heavy atom. The third-order valence-electron chi connectivity index (χ3n) is 23.1. The van der Waals surface area contributed by atoms with Gasteiger partial charge >= 0.3 is 18.1 Å². The summed E-state index contributed by atoms with van der Waals surface area (Å²) in [5.74, 6) is 0.434. The van der Waals surface area contributed by atoms with Gasteiger partial charge in [0.15, 0.2) is 28.7 Å². The Kier molecular flexibility index (Phi) is 37.2. The maximum Gasteiger partial charge on any atom is 0.332 e. The van der Waals surface area contributed by atoms with Gasteiger partial charge in [-0.05, 0) is 286 Å². The van der Waals surface area contributed by atoms with Crippen LogP contribution in [0.2, 0.25) is 45.2 Å². The van der Waals surface area contributed by atoms with Gasteiger partial charge in [-0.15, -0.1) is 0 Å². The number of aryl methyl sites for hydroxylation is 5. The Hall–Kier alpha value is -11.6. The monoisotopic (exact) mass is 2070 g/mol. The molecule has 14 aromatic carbocycles. The molecule has 27 heteroatoms. The van der Waals surface area contributed by atoms with E-state index in [1.807, 2.05) is 215 Å². The van der Waals surface area contributed by atoms with Crippen LogP contribution in [-0.4, -0.2) is 74.5 Å². The van der Waals surface area contributed by atoms with Crippen LogP contribution in [0.1, 0.15) is 105 Å².